The maximum absolute atomic E-state index is 12.2. The monoisotopic (exact) mass is 357 g/mol. The first-order valence-electron chi connectivity index (χ1n) is 7.11. The molecule has 0 aliphatic rings. The number of nitrogens with zero attached hydrogens (tertiary/aromatic N) is 1. The second-order valence-electron chi connectivity index (χ2n) is 5.14. The Morgan fingerprint density at radius 1 is 1.27 bits per heavy atom. The van der Waals surface area contributed by atoms with Gasteiger partial charge in [0.25, 0.3) is 0 Å². The van der Waals surface area contributed by atoms with Crippen molar-refractivity contribution in [1.29, 1.82) is 0 Å². The summed E-state index contributed by atoms with van der Waals surface area (Å²) in [5.74, 6) is -0.304. The summed E-state index contributed by atoms with van der Waals surface area (Å²) in [5, 5.41) is 0. The molecule has 9 heteroatoms. The van der Waals surface area contributed by atoms with Crippen molar-refractivity contribution in [2.24, 2.45) is 0 Å². The molecule has 22 heavy (non-hydrogen) atoms. The van der Waals surface area contributed by atoms with Crippen LogP contribution in [0, 0.1) is 6.92 Å². The molecule has 0 fully saturated rings. The third-order valence-electron chi connectivity index (χ3n) is 3.46. The van der Waals surface area contributed by atoms with E-state index >= 15 is 0 Å². The van der Waals surface area contributed by atoms with Crippen LogP contribution in [0.25, 0.3) is 0 Å². The molecule has 0 saturated heterocycles. The van der Waals surface area contributed by atoms with Crippen molar-refractivity contribution in [3.8, 4) is 0 Å². The first-order chi connectivity index (χ1) is 10.1. The number of rotatable bonds is 8. The van der Waals surface area contributed by atoms with Crippen LogP contribution in [0.5, 0.6) is 0 Å². The van der Waals surface area contributed by atoms with Gasteiger partial charge in [0.15, 0.2) is 0 Å². The van der Waals surface area contributed by atoms with Crippen molar-refractivity contribution in [3.05, 3.63) is 29.8 Å². The van der Waals surface area contributed by atoms with E-state index in [4.69, 9.17) is 4.55 Å². The van der Waals surface area contributed by atoms with Crippen LogP contribution in [-0.4, -0.2) is 72.7 Å². The van der Waals surface area contributed by atoms with Crippen molar-refractivity contribution in [1.82, 2.24) is 0 Å². The Morgan fingerprint density at radius 3 is 2.36 bits per heavy atom. The molecule has 1 aromatic carbocycles. The number of aryl methyl sites for hydroxylation is 1. The van der Waals surface area contributed by atoms with Crippen molar-refractivity contribution >= 4 is 53.6 Å². The second-order valence-corrected chi connectivity index (χ2v) is 10.2. The first kappa shape index (κ1) is 19.9. The molecule has 1 atom stereocenters. The van der Waals surface area contributed by atoms with Gasteiger partial charge in [-0.15, -0.1) is 0 Å². The van der Waals surface area contributed by atoms with E-state index in [9.17, 15) is 16.8 Å². The van der Waals surface area contributed by atoms with Crippen LogP contribution in [0.2, 0.25) is 3.67 Å². The summed E-state index contributed by atoms with van der Waals surface area (Å²) < 4.78 is 54.2. The van der Waals surface area contributed by atoms with Crippen LogP contribution in [0.4, 0.5) is 5.69 Å². The molecule has 120 valence electrons. The van der Waals surface area contributed by atoms with Gasteiger partial charge in [0, 0.05) is 0 Å². The molecule has 1 N–H and O–H groups in total. The normalized spacial score (nSPS) is 13.9. The van der Waals surface area contributed by atoms with Gasteiger partial charge in [-0.05, 0) is 0 Å². The summed E-state index contributed by atoms with van der Waals surface area (Å²) in [6.07, 6.45) is 0. The van der Waals surface area contributed by atoms with Crippen molar-refractivity contribution in [2.45, 2.75) is 22.1 Å². The van der Waals surface area contributed by atoms with E-state index < -0.39 is 24.5 Å². The summed E-state index contributed by atoms with van der Waals surface area (Å²) in [5.41, 5.74) is 1.96. The van der Waals surface area contributed by atoms with Gasteiger partial charge >= 0.3 is 151 Å². The van der Waals surface area contributed by atoms with Crippen LogP contribution >= 0.6 is 0 Å². The van der Waals surface area contributed by atoms with Gasteiger partial charge in [0.1, 0.15) is 0 Å². The summed E-state index contributed by atoms with van der Waals surface area (Å²) in [7, 11) is -8.47. The Kier molecular flexibility index (Phi) is 7.35. The topological polar surface area (TPSA) is 91.8 Å². The molecular formula is C13H20NNaO5S2. The van der Waals surface area contributed by atoms with Crippen molar-refractivity contribution in [3.63, 3.8) is 0 Å². The van der Waals surface area contributed by atoms with Crippen molar-refractivity contribution in [2.75, 3.05) is 23.7 Å². The summed E-state index contributed by atoms with van der Waals surface area (Å²) in [6.45, 7) is 4.65. The average molecular weight is 357 g/mol. The molecule has 0 aliphatic carbocycles. The molecule has 0 heterocycles. The Balaban J connectivity index is 2.90. The van der Waals surface area contributed by atoms with E-state index in [1.165, 1.54) is 0 Å². The molecule has 0 bridgehead atoms. The van der Waals surface area contributed by atoms with Gasteiger partial charge in [-0.25, -0.2) is 0 Å². The van der Waals surface area contributed by atoms with Gasteiger partial charge in [-0.3, -0.25) is 0 Å². The molecule has 1 unspecified atom stereocenters. The number of anilines is 1. The van der Waals surface area contributed by atoms with Crippen LogP contribution in [0.1, 0.15) is 12.5 Å². The molecule has 1 rings (SSSR count). The van der Waals surface area contributed by atoms with E-state index in [1.807, 2.05) is 43.0 Å². The third kappa shape index (κ3) is 5.50. The maximum atomic E-state index is 12.2. The molecule has 6 nitrogen and oxygen atoms in total. The average Bonchev–Trinajstić information content (AvgIpc) is 2.38. The Bertz CT molecular complexity index is 703. The minimum atomic E-state index is -4.57. The van der Waals surface area contributed by atoms with Crippen LogP contribution in [0.15, 0.2) is 24.3 Å². The zero-order valence-electron chi connectivity index (χ0n) is 13.1. The van der Waals surface area contributed by atoms with Gasteiger partial charge in [-0.1, -0.05) is 0 Å². The fourth-order valence-corrected chi connectivity index (χ4v) is 8.54. The Labute approximate surface area is 150 Å². The van der Waals surface area contributed by atoms with E-state index in [2.05, 4.69) is 0 Å². The molecule has 0 saturated carbocycles. The van der Waals surface area contributed by atoms with Crippen LogP contribution in [-0.2, 0) is 20.0 Å². The van der Waals surface area contributed by atoms with E-state index in [-0.39, 0.29) is 16.0 Å². The predicted octanol–water partition coefficient (Wildman–Crippen LogP) is 1.04. The fraction of sp³-hybridized carbons (Fsp3) is 0.538. The van der Waals surface area contributed by atoms with Gasteiger partial charge in [0.2, 0.25) is 0 Å². The van der Waals surface area contributed by atoms with E-state index in [0.29, 0.717) is 34.5 Å². The standard InChI is InChI=1S/C13H20NO5S2.Na/c1-4-14(13-7-5-6-11(2)10-13)8-9-20(15,16)12(3)21(17,18)19;/h5-7,10,12H,3-4,8-9H2,1-2H3,(H,17,18,19);. The number of hydrogen-bond acceptors (Lipinski definition) is 5. The van der Waals surface area contributed by atoms with Crippen LogP contribution in [0.3, 0.4) is 0 Å². The molecule has 0 radical (unpaired) electrons. The second kappa shape index (κ2) is 8.12. The quantitative estimate of drug-likeness (QED) is 0.552. The van der Waals surface area contributed by atoms with Gasteiger partial charge < -0.3 is 0 Å². The fourth-order valence-electron chi connectivity index (χ4n) is 2.31. The minimum absolute atomic E-state index is 0.0300. The number of hydrogen-bond donors (Lipinski definition) is 1. The molecule has 0 spiro atoms. The van der Waals surface area contributed by atoms with Gasteiger partial charge in [0.05, 0.1) is 0 Å². The van der Waals surface area contributed by atoms with E-state index in [1.54, 1.807) is 0 Å². The molecule has 0 aliphatic heterocycles. The summed E-state index contributed by atoms with van der Waals surface area (Å²) in [4.78, 5) is 1.87. The Hall–Kier alpha value is -0.120. The van der Waals surface area contributed by atoms with Crippen molar-refractivity contribution < 1.29 is 21.4 Å². The molecule has 0 aromatic heterocycles. The predicted molar refractivity (Wildman–Crippen MR) is 88.8 cm³/mol. The number of sulfone groups is 1. The summed E-state index contributed by atoms with van der Waals surface area (Å²) in [6, 6.07) is 7.67. The van der Waals surface area contributed by atoms with Crippen LogP contribution < -0.4 is 4.90 Å². The third-order valence-corrected chi connectivity index (χ3v) is 9.95. The SMILES string of the molecule is CCN(CCS(=O)(=O)C([CH2][Na])S(=O)(=O)O)c1cccc(C)c1. The zero-order valence-corrected chi connectivity index (χ0v) is 16.7. The number of benzene rings is 1. The van der Waals surface area contributed by atoms with E-state index in [0.717, 1.165) is 11.3 Å². The molecule has 1 aromatic rings. The molecular weight excluding hydrogens is 337 g/mol. The summed E-state index contributed by atoms with van der Waals surface area (Å²) >= 11 is 0.381. The zero-order chi connectivity index (χ0) is 17.0. The Morgan fingerprint density at radius 2 is 1.91 bits per heavy atom. The van der Waals surface area contributed by atoms with Gasteiger partial charge in [-0.2, -0.15) is 0 Å². The molecule has 0 amide bonds. The first-order valence-corrected chi connectivity index (χ1v) is 11.7.